The zero-order valence-corrected chi connectivity index (χ0v) is 16.6. The number of rotatable bonds is 6. The van der Waals surface area contributed by atoms with E-state index in [1.54, 1.807) is 43.2 Å². The summed E-state index contributed by atoms with van der Waals surface area (Å²) in [5.74, 6) is 0.0295. The third kappa shape index (κ3) is 4.32. The highest BCUT2D eigenvalue weighted by Gasteiger charge is 2.36. The highest BCUT2D eigenvalue weighted by atomic mass is 16.5. The summed E-state index contributed by atoms with van der Waals surface area (Å²) in [6, 6.07) is 14.1. The van der Waals surface area contributed by atoms with Gasteiger partial charge in [-0.25, -0.2) is 4.79 Å². The van der Waals surface area contributed by atoms with Crippen molar-refractivity contribution in [1.29, 1.82) is 0 Å². The lowest BCUT2D eigenvalue weighted by molar-refractivity contribution is -0.136. The Labute approximate surface area is 169 Å². The van der Waals surface area contributed by atoms with Gasteiger partial charge in [0.15, 0.2) is 0 Å². The maximum absolute atomic E-state index is 13.1. The van der Waals surface area contributed by atoms with Crippen molar-refractivity contribution in [3.63, 3.8) is 0 Å². The molecule has 0 fully saturated rings. The van der Waals surface area contributed by atoms with Crippen LogP contribution in [0, 0.1) is 0 Å². The van der Waals surface area contributed by atoms with Gasteiger partial charge in [0.2, 0.25) is 0 Å². The van der Waals surface area contributed by atoms with E-state index in [-0.39, 0.29) is 22.8 Å². The minimum absolute atomic E-state index is 0.0847. The summed E-state index contributed by atoms with van der Waals surface area (Å²) >= 11 is 0. The van der Waals surface area contributed by atoms with E-state index in [0.29, 0.717) is 24.2 Å². The quantitative estimate of drug-likeness (QED) is 0.602. The van der Waals surface area contributed by atoms with Crippen LogP contribution in [0.15, 0.2) is 65.4 Å². The molecule has 1 aliphatic rings. The molecule has 0 atom stereocenters. The molecule has 2 aromatic rings. The van der Waals surface area contributed by atoms with Crippen molar-refractivity contribution in [1.82, 2.24) is 4.90 Å². The smallest absolute Gasteiger partial charge is 0.340 e. The van der Waals surface area contributed by atoms with E-state index in [1.165, 1.54) is 13.2 Å². The molecule has 1 amide bonds. The molecule has 1 N–H and O–H groups in total. The van der Waals surface area contributed by atoms with Crippen LogP contribution in [0.1, 0.15) is 18.1 Å². The molecule has 0 aliphatic carbocycles. The zero-order valence-electron chi connectivity index (χ0n) is 16.6. The first-order chi connectivity index (χ1) is 13.9. The fourth-order valence-corrected chi connectivity index (χ4v) is 3.31. The van der Waals surface area contributed by atoms with Gasteiger partial charge < -0.3 is 19.5 Å². The van der Waals surface area contributed by atoms with E-state index in [4.69, 9.17) is 9.47 Å². The molecule has 3 rings (SSSR count). The topological polar surface area (TPSA) is 76.1 Å². The second kappa shape index (κ2) is 8.65. The number of methoxy groups -OCH3 is 2. The van der Waals surface area contributed by atoms with Gasteiger partial charge in [-0.05, 0) is 54.8 Å². The summed E-state index contributed by atoms with van der Waals surface area (Å²) in [4.78, 5) is 27.0. The van der Waals surface area contributed by atoms with Crippen LogP contribution in [0.4, 0.5) is 0 Å². The van der Waals surface area contributed by atoms with Gasteiger partial charge in [0, 0.05) is 12.2 Å². The minimum Gasteiger partial charge on any atom is -0.508 e. The van der Waals surface area contributed by atoms with Crippen molar-refractivity contribution in [2.24, 2.45) is 0 Å². The number of nitrogens with zero attached hydrogens (tertiary/aromatic N) is 1. The number of benzene rings is 2. The molecule has 2 aromatic carbocycles. The molecular weight excluding hydrogens is 370 g/mol. The van der Waals surface area contributed by atoms with Crippen LogP contribution in [0.25, 0.3) is 6.08 Å². The van der Waals surface area contributed by atoms with E-state index in [2.05, 4.69) is 0 Å². The number of carbonyl (C=O) groups excluding carboxylic acids is 2. The fourth-order valence-electron chi connectivity index (χ4n) is 3.31. The summed E-state index contributed by atoms with van der Waals surface area (Å²) in [6.07, 6.45) is 2.23. The van der Waals surface area contributed by atoms with E-state index >= 15 is 0 Å². The number of allylic oxidation sites excluding steroid dienone is 1. The molecule has 6 nitrogen and oxygen atoms in total. The molecule has 0 aromatic heterocycles. The first-order valence-electron chi connectivity index (χ1n) is 9.19. The third-order valence-corrected chi connectivity index (χ3v) is 4.87. The summed E-state index contributed by atoms with van der Waals surface area (Å²) in [5.41, 5.74) is 2.74. The van der Waals surface area contributed by atoms with Crippen LogP contribution >= 0.6 is 0 Å². The molecule has 0 bridgehead atoms. The Kier molecular flexibility index (Phi) is 6.02. The summed E-state index contributed by atoms with van der Waals surface area (Å²) < 4.78 is 10.1. The number of esters is 1. The van der Waals surface area contributed by atoms with Gasteiger partial charge in [-0.3, -0.25) is 4.79 Å². The Bertz CT molecular complexity index is 989. The minimum atomic E-state index is -0.561. The third-order valence-electron chi connectivity index (χ3n) is 4.87. The van der Waals surface area contributed by atoms with Crippen LogP contribution in [0.2, 0.25) is 0 Å². The highest BCUT2D eigenvalue weighted by Crippen LogP contribution is 2.32. The Morgan fingerprint density at radius 3 is 2.48 bits per heavy atom. The molecule has 0 radical (unpaired) electrons. The predicted molar refractivity (Wildman–Crippen MR) is 109 cm³/mol. The largest absolute Gasteiger partial charge is 0.508 e. The van der Waals surface area contributed by atoms with E-state index in [9.17, 15) is 14.7 Å². The summed E-state index contributed by atoms with van der Waals surface area (Å²) in [7, 11) is 2.90. The first-order valence-corrected chi connectivity index (χ1v) is 9.19. The van der Waals surface area contributed by atoms with Crippen molar-refractivity contribution in [3.05, 3.63) is 76.5 Å². The van der Waals surface area contributed by atoms with Crippen molar-refractivity contribution in [2.75, 3.05) is 20.8 Å². The highest BCUT2D eigenvalue weighted by molar-refractivity contribution is 6.16. The van der Waals surface area contributed by atoms with E-state index in [0.717, 1.165) is 11.3 Å². The van der Waals surface area contributed by atoms with E-state index < -0.39 is 5.97 Å². The predicted octanol–water partition coefficient (Wildman–Crippen LogP) is 3.32. The van der Waals surface area contributed by atoms with Gasteiger partial charge in [-0.1, -0.05) is 24.3 Å². The van der Waals surface area contributed by atoms with Gasteiger partial charge in [0.05, 0.1) is 25.4 Å². The molecule has 0 saturated heterocycles. The summed E-state index contributed by atoms with van der Waals surface area (Å²) in [6.45, 7) is 2.16. The van der Waals surface area contributed by atoms with Gasteiger partial charge in [0.25, 0.3) is 5.91 Å². The number of phenols is 1. The van der Waals surface area contributed by atoms with Gasteiger partial charge >= 0.3 is 5.97 Å². The van der Waals surface area contributed by atoms with Crippen LogP contribution in [-0.2, 0) is 20.7 Å². The lowest BCUT2D eigenvalue weighted by atomic mass is 10.0. The van der Waals surface area contributed by atoms with Crippen LogP contribution in [-0.4, -0.2) is 42.6 Å². The van der Waals surface area contributed by atoms with Gasteiger partial charge in [-0.2, -0.15) is 0 Å². The molecule has 29 heavy (non-hydrogen) atoms. The number of aromatic hydroxyl groups is 1. The lowest BCUT2D eigenvalue weighted by Gasteiger charge is -2.18. The molecule has 0 saturated carbocycles. The fraction of sp³-hybridized carbons (Fsp3) is 0.217. The molecule has 1 heterocycles. The van der Waals surface area contributed by atoms with Crippen LogP contribution in [0.3, 0.4) is 0 Å². The van der Waals surface area contributed by atoms with Gasteiger partial charge in [0.1, 0.15) is 11.5 Å². The maximum Gasteiger partial charge on any atom is 0.340 e. The molecule has 6 heteroatoms. The molecule has 0 unspecified atom stereocenters. The van der Waals surface area contributed by atoms with Crippen molar-refractivity contribution in [3.8, 4) is 11.5 Å². The SMILES string of the molecule is COC(=O)C1=C(C)N(CCc2ccc(OC)cc2)C(=O)/C1=C\c1cccc(O)c1. The second-order valence-corrected chi connectivity index (χ2v) is 6.66. The molecule has 150 valence electrons. The number of phenolic OH excluding ortho intramolecular Hbond substituents is 1. The maximum atomic E-state index is 13.1. The number of ether oxygens (including phenoxy) is 2. The van der Waals surface area contributed by atoms with Crippen molar-refractivity contribution >= 4 is 18.0 Å². The van der Waals surface area contributed by atoms with Crippen molar-refractivity contribution in [2.45, 2.75) is 13.3 Å². The van der Waals surface area contributed by atoms with Crippen LogP contribution in [0.5, 0.6) is 11.5 Å². The number of amides is 1. The Morgan fingerprint density at radius 1 is 1.14 bits per heavy atom. The average molecular weight is 393 g/mol. The van der Waals surface area contributed by atoms with Crippen molar-refractivity contribution < 1.29 is 24.2 Å². The number of carbonyl (C=O) groups is 2. The standard InChI is InChI=1S/C23H23NO5/c1-15-21(23(27)29-3)20(14-17-5-4-6-18(25)13-17)22(26)24(15)12-11-16-7-9-19(28-2)10-8-16/h4-10,13-14,25H,11-12H2,1-3H3/b20-14-. The number of hydrogen-bond acceptors (Lipinski definition) is 5. The normalized spacial score (nSPS) is 15.2. The van der Waals surface area contributed by atoms with E-state index in [1.807, 2.05) is 24.3 Å². The molecule has 0 spiro atoms. The average Bonchev–Trinajstić information content (AvgIpc) is 2.95. The lowest BCUT2D eigenvalue weighted by Crippen LogP contribution is -2.27. The number of hydrogen-bond donors (Lipinski definition) is 1. The molecular formula is C23H23NO5. The second-order valence-electron chi connectivity index (χ2n) is 6.66. The Balaban J connectivity index is 1.89. The molecule has 1 aliphatic heterocycles. The first kappa shape index (κ1) is 20.2. The summed E-state index contributed by atoms with van der Waals surface area (Å²) in [5, 5.41) is 9.69. The Morgan fingerprint density at radius 2 is 1.86 bits per heavy atom. The monoisotopic (exact) mass is 393 g/mol. The zero-order chi connectivity index (χ0) is 21.0. The van der Waals surface area contributed by atoms with Gasteiger partial charge in [-0.15, -0.1) is 0 Å². The Hall–Kier alpha value is -3.54. The van der Waals surface area contributed by atoms with Crippen LogP contribution < -0.4 is 4.74 Å².